The van der Waals surface area contributed by atoms with E-state index in [0.29, 0.717) is 5.92 Å². The molecule has 1 heterocycles. The van der Waals surface area contributed by atoms with Crippen molar-refractivity contribution in [3.63, 3.8) is 0 Å². The standard InChI is InChI=1S/C14H27N3O2/c1-5-6-12(7-8-18)9-15-10-13-11(2)16-17(3)14(13)19-4/h12,15,18H,5-10H2,1-4H3. The third-order valence-corrected chi connectivity index (χ3v) is 3.45. The van der Waals surface area contributed by atoms with Crippen LogP contribution in [0.3, 0.4) is 0 Å². The van der Waals surface area contributed by atoms with E-state index in [1.54, 1.807) is 11.8 Å². The summed E-state index contributed by atoms with van der Waals surface area (Å²) >= 11 is 0. The molecule has 1 aromatic heterocycles. The van der Waals surface area contributed by atoms with Gasteiger partial charge < -0.3 is 15.2 Å². The first-order valence-electron chi connectivity index (χ1n) is 7.02. The number of aromatic nitrogens is 2. The van der Waals surface area contributed by atoms with Crippen molar-refractivity contribution >= 4 is 0 Å². The van der Waals surface area contributed by atoms with E-state index in [4.69, 9.17) is 9.84 Å². The lowest BCUT2D eigenvalue weighted by molar-refractivity contribution is 0.248. The minimum absolute atomic E-state index is 0.265. The molecule has 0 bridgehead atoms. The summed E-state index contributed by atoms with van der Waals surface area (Å²) in [6, 6.07) is 0. The second-order valence-electron chi connectivity index (χ2n) is 4.99. The Bertz CT molecular complexity index is 371. The Kier molecular flexibility index (Phi) is 6.87. The van der Waals surface area contributed by atoms with E-state index in [2.05, 4.69) is 17.3 Å². The highest BCUT2D eigenvalue weighted by Crippen LogP contribution is 2.20. The Labute approximate surface area is 116 Å². The van der Waals surface area contributed by atoms with Crippen molar-refractivity contribution in [1.82, 2.24) is 15.1 Å². The summed E-state index contributed by atoms with van der Waals surface area (Å²) < 4.78 is 7.14. The number of nitrogens with zero attached hydrogens (tertiary/aromatic N) is 2. The van der Waals surface area contributed by atoms with Crippen LogP contribution in [0.4, 0.5) is 0 Å². The SMILES string of the molecule is CCCC(CCO)CNCc1c(C)nn(C)c1OC. The van der Waals surface area contributed by atoms with Crippen LogP contribution in [-0.2, 0) is 13.6 Å². The number of hydrogen-bond acceptors (Lipinski definition) is 4. The predicted octanol–water partition coefficient (Wildman–Crippen LogP) is 1.63. The van der Waals surface area contributed by atoms with Crippen LogP contribution in [-0.4, -0.2) is 35.1 Å². The highest BCUT2D eigenvalue weighted by atomic mass is 16.5. The lowest BCUT2D eigenvalue weighted by Crippen LogP contribution is -2.23. The first-order chi connectivity index (χ1) is 9.13. The highest BCUT2D eigenvalue weighted by molar-refractivity contribution is 5.30. The maximum Gasteiger partial charge on any atom is 0.216 e. The van der Waals surface area contributed by atoms with E-state index in [1.807, 2.05) is 14.0 Å². The van der Waals surface area contributed by atoms with E-state index in [-0.39, 0.29) is 6.61 Å². The number of aryl methyl sites for hydroxylation is 2. The van der Waals surface area contributed by atoms with Crippen LogP contribution in [0, 0.1) is 12.8 Å². The zero-order chi connectivity index (χ0) is 14.3. The largest absolute Gasteiger partial charge is 0.481 e. The van der Waals surface area contributed by atoms with Gasteiger partial charge in [-0.15, -0.1) is 0 Å². The Hall–Kier alpha value is -1.07. The molecule has 0 aliphatic rings. The summed E-state index contributed by atoms with van der Waals surface area (Å²) in [4.78, 5) is 0. The first kappa shape index (κ1) is 16.0. The zero-order valence-corrected chi connectivity index (χ0v) is 12.6. The van der Waals surface area contributed by atoms with Crippen molar-refractivity contribution in [3.8, 4) is 5.88 Å². The van der Waals surface area contributed by atoms with Crippen LogP contribution in [0.1, 0.15) is 37.4 Å². The van der Waals surface area contributed by atoms with E-state index < -0.39 is 0 Å². The van der Waals surface area contributed by atoms with E-state index in [0.717, 1.165) is 49.5 Å². The minimum Gasteiger partial charge on any atom is -0.481 e. The molecule has 5 heteroatoms. The molecule has 1 rings (SSSR count). The molecule has 0 saturated heterocycles. The minimum atomic E-state index is 0.265. The molecular formula is C14H27N3O2. The third-order valence-electron chi connectivity index (χ3n) is 3.45. The van der Waals surface area contributed by atoms with E-state index in [1.165, 1.54) is 0 Å². The van der Waals surface area contributed by atoms with Crippen LogP contribution in [0.2, 0.25) is 0 Å². The Morgan fingerprint density at radius 3 is 2.74 bits per heavy atom. The van der Waals surface area contributed by atoms with Crippen LogP contribution >= 0.6 is 0 Å². The van der Waals surface area contributed by atoms with Crippen molar-refractivity contribution in [1.29, 1.82) is 0 Å². The summed E-state index contributed by atoms with van der Waals surface area (Å²) in [5, 5.41) is 16.9. The fourth-order valence-corrected chi connectivity index (χ4v) is 2.48. The van der Waals surface area contributed by atoms with Gasteiger partial charge in [0.25, 0.3) is 0 Å². The number of rotatable bonds is 9. The van der Waals surface area contributed by atoms with Gasteiger partial charge in [-0.25, -0.2) is 4.68 Å². The summed E-state index contributed by atoms with van der Waals surface area (Å²) in [7, 11) is 3.56. The quantitative estimate of drug-likeness (QED) is 0.715. The normalized spacial score (nSPS) is 12.7. The van der Waals surface area contributed by atoms with E-state index >= 15 is 0 Å². The molecule has 1 aromatic rings. The average molecular weight is 269 g/mol. The molecule has 1 unspecified atom stereocenters. The Morgan fingerprint density at radius 1 is 1.42 bits per heavy atom. The number of ether oxygens (including phenoxy) is 1. The van der Waals surface area contributed by atoms with Crippen molar-refractivity contribution in [2.45, 2.75) is 39.7 Å². The van der Waals surface area contributed by atoms with E-state index in [9.17, 15) is 0 Å². The number of nitrogens with one attached hydrogen (secondary N) is 1. The van der Waals surface area contributed by atoms with Gasteiger partial charge in [0, 0.05) is 20.2 Å². The summed E-state index contributed by atoms with van der Waals surface area (Å²) in [6.45, 7) is 6.12. The van der Waals surface area contributed by atoms with Gasteiger partial charge in [0.2, 0.25) is 5.88 Å². The third kappa shape index (κ3) is 4.51. The van der Waals surface area contributed by atoms with Gasteiger partial charge in [-0.05, 0) is 32.2 Å². The van der Waals surface area contributed by atoms with Gasteiger partial charge >= 0.3 is 0 Å². The molecule has 0 amide bonds. The Morgan fingerprint density at radius 2 is 2.16 bits per heavy atom. The molecule has 0 aliphatic carbocycles. The molecule has 19 heavy (non-hydrogen) atoms. The van der Waals surface area contributed by atoms with Crippen molar-refractivity contribution in [2.75, 3.05) is 20.3 Å². The summed E-state index contributed by atoms with van der Waals surface area (Å²) in [5.41, 5.74) is 2.12. The van der Waals surface area contributed by atoms with Crippen LogP contribution < -0.4 is 10.1 Å². The highest BCUT2D eigenvalue weighted by Gasteiger charge is 2.14. The summed E-state index contributed by atoms with van der Waals surface area (Å²) in [6.07, 6.45) is 3.17. The topological polar surface area (TPSA) is 59.3 Å². The molecule has 0 radical (unpaired) electrons. The predicted molar refractivity (Wildman–Crippen MR) is 76.3 cm³/mol. The van der Waals surface area contributed by atoms with Crippen molar-refractivity contribution < 1.29 is 9.84 Å². The van der Waals surface area contributed by atoms with Gasteiger partial charge in [-0.3, -0.25) is 0 Å². The molecule has 0 spiro atoms. The molecule has 1 atom stereocenters. The smallest absolute Gasteiger partial charge is 0.216 e. The fourth-order valence-electron chi connectivity index (χ4n) is 2.48. The number of aliphatic hydroxyl groups is 1. The molecule has 0 aromatic carbocycles. The van der Waals surface area contributed by atoms with Gasteiger partial charge in [-0.2, -0.15) is 5.10 Å². The first-order valence-corrected chi connectivity index (χ1v) is 7.02. The van der Waals surface area contributed by atoms with Crippen molar-refractivity contribution in [3.05, 3.63) is 11.3 Å². The van der Waals surface area contributed by atoms with Crippen LogP contribution in [0.15, 0.2) is 0 Å². The molecule has 0 aliphatic heterocycles. The maximum absolute atomic E-state index is 9.05. The molecule has 2 N–H and O–H groups in total. The van der Waals surface area contributed by atoms with Crippen molar-refractivity contribution in [2.24, 2.45) is 13.0 Å². The van der Waals surface area contributed by atoms with Crippen LogP contribution in [0.25, 0.3) is 0 Å². The fraction of sp³-hybridized carbons (Fsp3) is 0.786. The van der Waals surface area contributed by atoms with Gasteiger partial charge in [0.15, 0.2) is 0 Å². The van der Waals surface area contributed by atoms with Crippen LogP contribution in [0.5, 0.6) is 5.88 Å². The molecular weight excluding hydrogens is 242 g/mol. The maximum atomic E-state index is 9.05. The van der Waals surface area contributed by atoms with Gasteiger partial charge in [0.1, 0.15) is 0 Å². The second-order valence-corrected chi connectivity index (χ2v) is 4.99. The molecule has 5 nitrogen and oxygen atoms in total. The lowest BCUT2D eigenvalue weighted by atomic mass is 10.0. The number of aliphatic hydroxyl groups excluding tert-OH is 1. The monoisotopic (exact) mass is 269 g/mol. The zero-order valence-electron chi connectivity index (χ0n) is 12.6. The lowest BCUT2D eigenvalue weighted by Gasteiger charge is -2.15. The molecule has 0 fully saturated rings. The van der Waals surface area contributed by atoms with Gasteiger partial charge in [0.05, 0.1) is 18.4 Å². The Balaban J connectivity index is 2.52. The summed E-state index contributed by atoms with van der Waals surface area (Å²) in [5.74, 6) is 1.36. The second kappa shape index (κ2) is 8.17. The molecule has 0 saturated carbocycles. The average Bonchev–Trinajstić information content (AvgIpc) is 2.64. The number of methoxy groups -OCH3 is 1. The number of hydrogen-bond donors (Lipinski definition) is 2. The molecule has 110 valence electrons. The van der Waals surface area contributed by atoms with Gasteiger partial charge in [-0.1, -0.05) is 13.3 Å².